The van der Waals surface area contributed by atoms with Crippen molar-refractivity contribution in [2.75, 3.05) is 0 Å². The number of hydrogen-bond donors (Lipinski definition) is 1. The van der Waals surface area contributed by atoms with E-state index in [-0.39, 0.29) is 36.5 Å². The molecule has 1 amide bonds. The van der Waals surface area contributed by atoms with E-state index in [0.717, 1.165) is 0 Å². The summed E-state index contributed by atoms with van der Waals surface area (Å²) in [5.74, 6) is -0.960. The number of Topliss-reactive ketones (excluding diaryl/α,β-unsaturated/α-hetero) is 1. The van der Waals surface area contributed by atoms with E-state index in [4.69, 9.17) is 0 Å². The lowest BCUT2D eigenvalue weighted by Gasteiger charge is -2.13. The molecule has 0 bridgehead atoms. The van der Waals surface area contributed by atoms with Gasteiger partial charge in [-0.1, -0.05) is 48.5 Å². The Morgan fingerprint density at radius 2 is 1.56 bits per heavy atom. The summed E-state index contributed by atoms with van der Waals surface area (Å²) < 4.78 is 40.9. The molecule has 0 atom stereocenters. The van der Waals surface area contributed by atoms with Crippen molar-refractivity contribution in [2.45, 2.75) is 25.7 Å². The Hall–Kier alpha value is -2.83. The number of hydrogen-bond acceptors (Lipinski definition) is 3. The van der Waals surface area contributed by atoms with Gasteiger partial charge in [0.05, 0.1) is 0 Å². The Kier molecular flexibility index (Phi) is 6.16. The molecular formula is C18H16F3NO3. The van der Waals surface area contributed by atoms with Crippen molar-refractivity contribution in [1.29, 1.82) is 0 Å². The molecule has 0 heterocycles. The van der Waals surface area contributed by atoms with E-state index >= 15 is 0 Å². The highest BCUT2D eigenvalue weighted by atomic mass is 19.4. The molecule has 0 aromatic heterocycles. The minimum atomic E-state index is -4.80. The molecule has 2 aromatic rings. The number of amides is 1. The molecule has 25 heavy (non-hydrogen) atoms. The monoisotopic (exact) mass is 351 g/mol. The molecule has 0 aliphatic carbocycles. The summed E-state index contributed by atoms with van der Waals surface area (Å²) in [5, 5.41) is 2.49. The number of para-hydroxylation sites is 1. The van der Waals surface area contributed by atoms with Crippen molar-refractivity contribution in [3.8, 4) is 5.75 Å². The number of rotatable bonds is 7. The summed E-state index contributed by atoms with van der Waals surface area (Å²) in [4.78, 5) is 23.7. The lowest BCUT2D eigenvalue weighted by molar-refractivity contribution is -0.274. The predicted octanol–water partition coefficient (Wildman–Crippen LogP) is 3.86. The van der Waals surface area contributed by atoms with Gasteiger partial charge in [-0.05, 0) is 6.07 Å². The fourth-order valence-corrected chi connectivity index (χ4v) is 2.15. The summed E-state index contributed by atoms with van der Waals surface area (Å²) in [6.07, 6.45) is -4.82. The van der Waals surface area contributed by atoms with Crippen LogP contribution in [0.15, 0.2) is 54.6 Å². The number of carbonyl (C=O) groups is 2. The standard InChI is InChI=1S/C18H16F3NO3/c19-18(20,21)25-16-9-5-4-8-14(16)12-22-17(24)11-10-15(23)13-6-2-1-3-7-13/h1-9H,10-12H2,(H,22,24). The van der Waals surface area contributed by atoms with E-state index < -0.39 is 12.3 Å². The molecule has 4 nitrogen and oxygen atoms in total. The van der Waals surface area contributed by atoms with Crippen LogP contribution in [0.5, 0.6) is 5.75 Å². The Bertz CT molecular complexity index is 730. The predicted molar refractivity (Wildman–Crippen MR) is 85.0 cm³/mol. The van der Waals surface area contributed by atoms with E-state index in [9.17, 15) is 22.8 Å². The molecule has 0 radical (unpaired) electrons. The topological polar surface area (TPSA) is 55.4 Å². The van der Waals surface area contributed by atoms with Crippen LogP contribution >= 0.6 is 0 Å². The Balaban J connectivity index is 1.85. The fraction of sp³-hybridized carbons (Fsp3) is 0.222. The van der Waals surface area contributed by atoms with E-state index in [1.807, 2.05) is 0 Å². The molecule has 2 rings (SSSR count). The quantitative estimate of drug-likeness (QED) is 0.771. The molecule has 132 valence electrons. The van der Waals surface area contributed by atoms with E-state index in [1.165, 1.54) is 18.2 Å². The van der Waals surface area contributed by atoms with Crippen LogP contribution in [0.2, 0.25) is 0 Å². The van der Waals surface area contributed by atoms with Gasteiger partial charge < -0.3 is 10.1 Å². The Labute approximate surface area is 142 Å². The van der Waals surface area contributed by atoms with Gasteiger partial charge in [-0.3, -0.25) is 9.59 Å². The molecule has 0 saturated carbocycles. The number of halogens is 3. The molecule has 1 N–H and O–H groups in total. The minimum absolute atomic E-state index is 0.0243. The van der Waals surface area contributed by atoms with Crippen LogP contribution in [0, 0.1) is 0 Å². The normalized spacial score (nSPS) is 11.0. The highest BCUT2D eigenvalue weighted by Gasteiger charge is 2.31. The van der Waals surface area contributed by atoms with Crippen LogP contribution < -0.4 is 10.1 Å². The van der Waals surface area contributed by atoms with Crippen LogP contribution in [0.25, 0.3) is 0 Å². The summed E-state index contributed by atoms with van der Waals surface area (Å²) in [6.45, 7) is -0.120. The zero-order valence-electron chi connectivity index (χ0n) is 13.2. The van der Waals surface area contributed by atoms with Crippen molar-refractivity contribution < 1.29 is 27.5 Å². The van der Waals surface area contributed by atoms with E-state index in [1.54, 1.807) is 36.4 Å². The number of alkyl halides is 3. The van der Waals surface area contributed by atoms with Gasteiger partial charge in [0.15, 0.2) is 5.78 Å². The SMILES string of the molecule is O=C(CCC(=O)c1ccccc1)NCc1ccccc1OC(F)(F)F. The third-order valence-electron chi connectivity index (χ3n) is 3.35. The van der Waals surface area contributed by atoms with E-state index in [0.29, 0.717) is 5.56 Å². The van der Waals surface area contributed by atoms with Gasteiger partial charge in [0, 0.05) is 30.5 Å². The van der Waals surface area contributed by atoms with Gasteiger partial charge in [-0.25, -0.2) is 0 Å². The summed E-state index contributed by atoms with van der Waals surface area (Å²) in [5.41, 5.74) is 0.710. The van der Waals surface area contributed by atoms with Crippen molar-refractivity contribution in [1.82, 2.24) is 5.32 Å². The van der Waals surface area contributed by atoms with E-state index in [2.05, 4.69) is 10.1 Å². The average molecular weight is 351 g/mol. The summed E-state index contributed by atoms with van der Waals surface area (Å²) >= 11 is 0. The first kappa shape index (κ1) is 18.5. The van der Waals surface area contributed by atoms with Crippen molar-refractivity contribution in [3.05, 3.63) is 65.7 Å². The number of carbonyl (C=O) groups excluding carboxylic acids is 2. The molecule has 0 unspecified atom stereocenters. The van der Waals surface area contributed by atoms with Crippen molar-refractivity contribution in [3.63, 3.8) is 0 Å². The van der Waals surface area contributed by atoms with Gasteiger partial charge in [0.25, 0.3) is 0 Å². The molecule has 7 heteroatoms. The first-order chi connectivity index (χ1) is 11.8. The van der Waals surface area contributed by atoms with Gasteiger partial charge >= 0.3 is 6.36 Å². The first-order valence-corrected chi connectivity index (χ1v) is 7.54. The molecule has 0 aliphatic rings. The number of benzene rings is 2. The summed E-state index contributed by atoms with van der Waals surface area (Å²) in [7, 11) is 0. The van der Waals surface area contributed by atoms with Crippen LogP contribution in [-0.2, 0) is 11.3 Å². The fourth-order valence-electron chi connectivity index (χ4n) is 2.15. The van der Waals surface area contributed by atoms with Crippen LogP contribution in [0.1, 0.15) is 28.8 Å². The summed E-state index contributed by atoms with van der Waals surface area (Å²) in [6, 6.07) is 14.1. The van der Waals surface area contributed by atoms with Gasteiger partial charge in [0.1, 0.15) is 5.75 Å². The number of nitrogens with one attached hydrogen (secondary N) is 1. The highest BCUT2D eigenvalue weighted by Crippen LogP contribution is 2.26. The molecule has 0 spiro atoms. The second-order valence-electron chi connectivity index (χ2n) is 5.22. The molecule has 0 aliphatic heterocycles. The second kappa shape index (κ2) is 8.32. The van der Waals surface area contributed by atoms with Crippen LogP contribution in [0.4, 0.5) is 13.2 Å². The smallest absolute Gasteiger partial charge is 0.405 e. The Morgan fingerprint density at radius 1 is 0.920 bits per heavy atom. The third kappa shape index (κ3) is 6.29. The van der Waals surface area contributed by atoms with Crippen LogP contribution in [-0.4, -0.2) is 18.1 Å². The molecular weight excluding hydrogens is 335 g/mol. The molecule has 2 aromatic carbocycles. The highest BCUT2D eigenvalue weighted by molar-refractivity contribution is 5.97. The minimum Gasteiger partial charge on any atom is -0.405 e. The zero-order valence-corrected chi connectivity index (χ0v) is 13.2. The van der Waals surface area contributed by atoms with Gasteiger partial charge in [0.2, 0.25) is 5.91 Å². The number of ketones is 1. The third-order valence-corrected chi connectivity index (χ3v) is 3.35. The van der Waals surface area contributed by atoms with Gasteiger partial charge in [-0.2, -0.15) is 0 Å². The maximum atomic E-state index is 12.3. The first-order valence-electron chi connectivity index (χ1n) is 7.54. The van der Waals surface area contributed by atoms with Crippen molar-refractivity contribution in [2.24, 2.45) is 0 Å². The largest absolute Gasteiger partial charge is 0.573 e. The zero-order chi connectivity index (χ0) is 18.3. The second-order valence-corrected chi connectivity index (χ2v) is 5.22. The lowest BCUT2D eigenvalue weighted by atomic mass is 10.1. The average Bonchev–Trinajstić information content (AvgIpc) is 2.58. The van der Waals surface area contributed by atoms with Crippen molar-refractivity contribution >= 4 is 11.7 Å². The lowest BCUT2D eigenvalue weighted by Crippen LogP contribution is -2.24. The van der Waals surface area contributed by atoms with Crippen LogP contribution in [0.3, 0.4) is 0 Å². The Morgan fingerprint density at radius 3 is 2.24 bits per heavy atom. The maximum Gasteiger partial charge on any atom is 0.573 e. The number of ether oxygens (including phenoxy) is 1. The molecule has 0 saturated heterocycles. The molecule has 0 fully saturated rings. The van der Waals surface area contributed by atoms with Gasteiger partial charge in [-0.15, -0.1) is 13.2 Å². The maximum absolute atomic E-state index is 12.3.